The van der Waals surface area contributed by atoms with Gasteiger partial charge in [0.2, 0.25) is 0 Å². The molecule has 116 valence electrons. The molecule has 1 saturated carbocycles. The largest absolute Gasteiger partial charge is 0.481 e. The van der Waals surface area contributed by atoms with Crippen LogP contribution in [0.15, 0.2) is 0 Å². The number of amides is 2. The SMILES string of the molecule is CC(C)N(CC1CC1)C(=O)NCCCCCCC(=O)O. The third kappa shape index (κ3) is 7.36. The van der Waals surface area contributed by atoms with Crippen LogP contribution in [0.4, 0.5) is 4.79 Å². The van der Waals surface area contributed by atoms with Crippen LogP contribution < -0.4 is 5.32 Å². The molecule has 2 amide bonds. The summed E-state index contributed by atoms with van der Waals surface area (Å²) in [5, 5.41) is 11.5. The number of carboxylic acid groups (broad SMARTS) is 1. The highest BCUT2D eigenvalue weighted by Gasteiger charge is 2.27. The van der Waals surface area contributed by atoms with Crippen LogP contribution >= 0.6 is 0 Å². The lowest BCUT2D eigenvalue weighted by atomic mass is 10.1. The van der Waals surface area contributed by atoms with Crippen molar-refractivity contribution in [3.8, 4) is 0 Å². The van der Waals surface area contributed by atoms with Gasteiger partial charge in [-0.15, -0.1) is 0 Å². The fraction of sp³-hybridized carbons (Fsp3) is 0.867. The zero-order valence-corrected chi connectivity index (χ0v) is 12.7. The number of carbonyl (C=O) groups excluding carboxylic acids is 1. The number of nitrogens with one attached hydrogen (secondary N) is 1. The van der Waals surface area contributed by atoms with Crippen LogP contribution in [0.3, 0.4) is 0 Å². The molecular weight excluding hydrogens is 256 g/mol. The number of nitrogens with zero attached hydrogens (tertiary/aromatic N) is 1. The van der Waals surface area contributed by atoms with Gasteiger partial charge in [-0.1, -0.05) is 12.8 Å². The maximum absolute atomic E-state index is 12.1. The van der Waals surface area contributed by atoms with Gasteiger partial charge < -0.3 is 15.3 Å². The third-order valence-corrected chi connectivity index (χ3v) is 3.63. The van der Waals surface area contributed by atoms with Crippen LogP contribution in [0.1, 0.15) is 58.8 Å². The molecule has 0 saturated heterocycles. The molecule has 1 rings (SSSR count). The summed E-state index contributed by atoms with van der Waals surface area (Å²) in [4.78, 5) is 24.3. The lowest BCUT2D eigenvalue weighted by Gasteiger charge is -2.27. The Balaban J connectivity index is 2.06. The molecule has 0 aromatic carbocycles. The summed E-state index contributed by atoms with van der Waals surface area (Å²) >= 11 is 0. The Morgan fingerprint density at radius 2 is 1.85 bits per heavy atom. The molecule has 1 fully saturated rings. The number of hydrogen-bond acceptors (Lipinski definition) is 2. The highest BCUT2D eigenvalue weighted by atomic mass is 16.4. The monoisotopic (exact) mass is 284 g/mol. The molecule has 0 heterocycles. The van der Waals surface area contributed by atoms with Crippen molar-refractivity contribution >= 4 is 12.0 Å². The molecular formula is C15H28N2O3. The van der Waals surface area contributed by atoms with Gasteiger partial charge in [-0.25, -0.2) is 4.79 Å². The van der Waals surface area contributed by atoms with Crippen molar-refractivity contribution < 1.29 is 14.7 Å². The second kappa shape index (κ2) is 8.82. The van der Waals surface area contributed by atoms with Gasteiger partial charge in [0, 0.05) is 25.6 Å². The van der Waals surface area contributed by atoms with Crippen LogP contribution in [0.25, 0.3) is 0 Å². The first-order valence-corrected chi connectivity index (χ1v) is 7.77. The minimum Gasteiger partial charge on any atom is -0.481 e. The van der Waals surface area contributed by atoms with E-state index in [1.165, 1.54) is 12.8 Å². The van der Waals surface area contributed by atoms with Crippen molar-refractivity contribution in [3.63, 3.8) is 0 Å². The molecule has 1 aliphatic carbocycles. The van der Waals surface area contributed by atoms with Gasteiger partial charge in [-0.05, 0) is 45.4 Å². The van der Waals surface area contributed by atoms with Crippen LogP contribution in [-0.4, -0.2) is 41.1 Å². The summed E-state index contributed by atoms with van der Waals surface area (Å²) in [5.41, 5.74) is 0. The number of carbonyl (C=O) groups is 2. The Kier molecular flexibility index (Phi) is 7.41. The van der Waals surface area contributed by atoms with E-state index in [4.69, 9.17) is 5.11 Å². The zero-order chi connectivity index (χ0) is 15.0. The molecule has 0 aromatic heterocycles. The van der Waals surface area contributed by atoms with Crippen molar-refractivity contribution in [2.75, 3.05) is 13.1 Å². The second-order valence-corrected chi connectivity index (χ2v) is 5.98. The van der Waals surface area contributed by atoms with Crippen molar-refractivity contribution in [1.82, 2.24) is 10.2 Å². The van der Waals surface area contributed by atoms with Crippen LogP contribution in [-0.2, 0) is 4.79 Å². The number of unbranched alkanes of at least 4 members (excludes halogenated alkanes) is 3. The van der Waals surface area contributed by atoms with Gasteiger partial charge in [-0.2, -0.15) is 0 Å². The summed E-state index contributed by atoms with van der Waals surface area (Å²) in [6.45, 7) is 5.66. The summed E-state index contributed by atoms with van der Waals surface area (Å²) < 4.78 is 0. The van der Waals surface area contributed by atoms with E-state index >= 15 is 0 Å². The van der Waals surface area contributed by atoms with Crippen molar-refractivity contribution in [3.05, 3.63) is 0 Å². The molecule has 0 aromatic rings. The number of urea groups is 1. The molecule has 0 spiro atoms. The lowest BCUT2D eigenvalue weighted by Crippen LogP contribution is -2.45. The highest BCUT2D eigenvalue weighted by Crippen LogP contribution is 2.30. The summed E-state index contributed by atoms with van der Waals surface area (Å²) in [6, 6.07) is 0.281. The fourth-order valence-corrected chi connectivity index (χ4v) is 2.16. The van der Waals surface area contributed by atoms with E-state index < -0.39 is 5.97 Å². The van der Waals surface area contributed by atoms with Gasteiger partial charge in [0.05, 0.1) is 0 Å². The molecule has 0 atom stereocenters. The molecule has 5 nitrogen and oxygen atoms in total. The molecule has 5 heteroatoms. The maximum Gasteiger partial charge on any atom is 0.317 e. The predicted molar refractivity (Wildman–Crippen MR) is 78.7 cm³/mol. The first-order valence-electron chi connectivity index (χ1n) is 7.77. The predicted octanol–water partition coefficient (Wildman–Crippen LogP) is 2.85. The van der Waals surface area contributed by atoms with E-state index in [0.717, 1.165) is 32.2 Å². The third-order valence-electron chi connectivity index (χ3n) is 3.63. The Hall–Kier alpha value is -1.26. The molecule has 20 heavy (non-hydrogen) atoms. The van der Waals surface area contributed by atoms with Crippen molar-refractivity contribution in [2.24, 2.45) is 5.92 Å². The fourth-order valence-electron chi connectivity index (χ4n) is 2.16. The minimum atomic E-state index is -0.731. The maximum atomic E-state index is 12.1. The number of rotatable bonds is 10. The molecule has 0 aliphatic heterocycles. The van der Waals surface area contributed by atoms with Gasteiger partial charge >= 0.3 is 12.0 Å². The van der Waals surface area contributed by atoms with Gasteiger partial charge in [0.1, 0.15) is 0 Å². The zero-order valence-electron chi connectivity index (χ0n) is 12.7. The Labute approximate surface area is 121 Å². The minimum absolute atomic E-state index is 0.0393. The normalized spacial score (nSPS) is 14.3. The Morgan fingerprint density at radius 1 is 1.20 bits per heavy atom. The Morgan fingerprint density at radius 3 is 2.40 bits per heavy atom. The van der Waals surface area contributed by atoms with Crippen molar-refractivity contribution in [2.45, 2.75) is 64.8 Å². The van der Waals surface area contributed by atoms with Gasteiger partial charge in [0.15, 0.2) is 0 Å². The summed E-state index contributed by atoms with van der Waals surface area (Å²) in [7, 11) is 0. The van der Waals surface area contributed by atoms with E-state index in [-0.39, 0.29) is 18.5 Å². The highest BCUT2D eigenvalue weighted by molar-refractivity contribution is 5.74. The van der Waals surface area contributed by atoms with E-state index in [1.807, 2.05) is 18.7 Å². The van der Waals surface area contributed by atoms with Crippen LogP contribution in [0, 0.1) is 5.92 Å². The van der Waals surface area contributed by atoms with Gasteiger partial charge in [-0.3, -0.25) is 4.79 Å². The van der Waals surface area contributed by atoms with E-state index in [0.29, 0.717) is 12.5 Å². The molecule has 0 unspecified atom stereocenters. The van der Waals surface area contributed by atoms with Crippen molar-refractivity contribution in [1.29, 1.82) is 0 Å². The van der Waals surface area contributed by atoms with Gasteiger partial charge in [0.25, 0.3) is 0 Å². The van der Waals surface area contributed by atoms with Crippen LogP contribution in [0.5, 0.6) is 0 Å². The first kappa shape index (κ1) is 16.8. The second-order valence-electron chi connectivity index (χ2n) is 5.98. The topological polar surface area (TPSA) is 69.6 Å². The molecule has 1 aliphatic rings. The first-order chi connectivity index (χ1) is 9.50. The molecule has 0 radical (unpaired) electrons. The standard InChI is InChI=1S/C15H28N2O3/c1-12(2)17(11-13-8-9-13)15(20)16-10-6-4-3-5-7-14(18)19/h12-13H,3-11H2,1-2H3,(H,16,20)(H,18,19). The van der Waals surface area contributed by atoms with Crippen LogP contribution in [0.2, 0.25) is 0 Å². The van der Waals surface area contributed by atoms with E-state index in [9.17, 15) is 9.59 Å². The van der Waals surface area contributed by atoms with E-state index in [2.05, 4.69) is 5.32 Å². The summed E-state index contributed by atoms with van der Waals surface area (Å²) in [6.07, 6.45) is 6.27. The average molecular weight is 284 g/mol. The average Bonchev–Trinajstić information content (AvgIpc) is 3.17. The lowest BCUT2D eigenvalue weighted by molar-refractivity contribution is -0.137. The molecule has 0 bridgehead atoms. The smallest absolute Gasteiger partial charge is 0.317 e. The van der Waals surface area contributed by atoms with E-state index in [1.54, 1.807) is 0 Å². The number of aliphatic carboxylic acids is 1. The summed E-state index contributed by atoms with van der Waals surface area (Å²) in [5.74, 6) is -0.0230. The Bertz CT molecular complexity index is 314. The quantitative estimate of drug-likeness (QED) is 0.606. The number of carboxylic acids is 1. The molecule has 2 N–H and O–H groups in total. The number of hydrogen-bond donors (Lipinski definition) is 2.